The van der Waals surface area contributed by atoms with Gasteiger partial charge in [0.05, 0.1) is 11.8 Å². The average Bonchev–Trinajstić information content (AvgIpc) is 2.15. The Labute approximate surface area is 95.0 Å². The number of hydrogen-bond donors (Lipinski definition) is 2. The lowest BCUT2D eigenvalue weighted by Crippen LogP contribution is -2.34. The highest BCUT2D eigenvalue weighted by Gasteiger charge is 2.38. The van der Waals surface area contributed by atoms with E-state index in [1.165, 1.54) is 0 Å². The zero-order valence-electron chi connectivity index (χ0n) is 9.86. The van der Waals surface area contributed by atoms with Crippen LogP contribution in [-0.2, 0) is 9.59 Å². The molecule has 0 bridgehead atoms. The molecular formula is C12H18O4. The summed E-state index contributed by atoms with van der Waals surface area (Å²) >= 11 is 0. The minimum absolute atomic E-state index is 0.0861. The van der Waals surface area contributed by atoms with Crippen molar-refractivity contribution in [2.45, 2.75) is 33.6 Å². The maximum absolute atomic E-state index is 11.1. The predicted octanol–water partition coefficient (Wildman–Crippen LogP) is 2.15. The van der Waals surface area contributed by atoms with Crippen molar-refractivity contribution in [1.29, 1.82) is 0 Å². The Morgan fingerprint density at radius 3 is 2.06 bits per heavy atom. The van der Waals surface area contributed by atoms with Crippen LogP contribution >= 0.6 is 0 Å². The third-order valence-corrected chi connectivity index (χ3v) is 3.14. The molecule has 0 aromatic carbocycles. The first-order valence-corrected chi connectivity index (χ1v) is 5.38. The van der Waals surface area contributed by atoms with Crippen molar-refractivity contribution in [2.75, 3.05) is 0 Å². The van der Waals surface area contributed by atoms with Gasteiger partial charge in [0.1, 0.15) is 0 Å². The van der Waals surface area contributed by atoms with Crippen LogP contribution in [0.15, 0.2) is 11.6 Å². The molecule has 2 N–H and O–H groups in total. The molecule has 0 heterocycles. The van der Waals surface area contributed by atoms with E-state index in [2.05, 4.69) is 0 Å². The van der Waals surface area contributed by atoms with E-state index in [0.717, 1.165) is 5.57 Å². The molecule has 4 heteroatoms. The molecule has 0 saturated heterocycles. The van der Waals surface area contributed by atoms with Crippen LogP contribution in [0.5, 0.6) is 0 Å². The maximum Gasteiger partial charge on any atom is 0.307 e. The summed E-state index contributed by atoms with van der Waals surface area (Å²) in [5, 5.41) is 18.0. The van der Waals surface area contributed by atoms with Crippen molar-refractivity contribution in [2.24, 2.45) is 17.3 Å². The van der Waals surface area contributed by atoms with E-state index in [1.54, 1.807) is 0 Å². The van der Waals surface area contributed by atoms with Gasteiger partial charge in [-0.3, -0.25) is 9.59 Å². The highest BCUT2D eigenvalue weighted by Crippen LogP contribution is 2.38. The van der Waals surface area contributed by atoms with Gasteiger partial charge >= 0.3 is 11.9 Å². The molecule has 1 aliphatic rings. The molecule has 0 aromatic rings. The summed E-state index contributed by atoms with van der Waals surface area (Å²) in [5.74, 6) is -3.61. The Kier molecular flexibility index (Phi) is 3.41. The number of carboxylic acids is 2. The third-order valence-electron chi connectivity index (χ3n) is 3.14. The van der Waals surface area contributed by atoms with Crippen LogP contribution < -0.4 is 0 Å². The van der Waals surface area contributed by atoms with Gasteiger partial charge in [-0.05, 0) is 18.3 Å². The van der Waals surface area contributed by atoms with Gasteiger partial charge in [-0.15, -0.1) is 0 Å². The highest BCUT2D eigenvalue weighted by atomic mass is 16.4. The van der Waals surface area contributed by atoms with Gasteiger partial charge in [0, 0.05) is 0 Å². The Bertz CT molecular complexity index is 335. The average molecular weight is 226 g/mol. The molecule has 0 fully saturated rings. The molecular weight excluding hydrogens is 208 g/mol. The SMILES string of the molecule is CC(C)(C)C1=CCC(C(=O)O)C(C(=O)O)C1. The molecule has 0 saturated carbocycles. The van der Waals surface area contributed by atoms with Gasteiger partial charge in [0.15, 0.2) is 0 Å². The largest absolute Gasteiger partial charge is 0.481 e. The maximum atomic E-state index is 11.1. The molecule has 16 heavy (non-hydrogen) atoms. The molecule has 1 rings (SSSR count). The predicted molar refractivity (Wildman–Crippen MR) is 59.0 cm³/mol. The van der Waals surface area contributed by atoms with Gasteiger partial charge < -0.3 is 10.2 Å². The van der Waals surface area contributed by atoms with Crippen molar-refractivity contribution in [3.8, 4) is 0 Å². The van der Waals surface area contributed by atoms with Crippen LogP contribution in [0.1, 0.15) is 33.6 Å². The van der Waals surface area contributed by atoms with Crippen molar-refractivity contribution in [1.82, 2.24) is 0 Å². The van der Waals surface area contributed by atoms with Crippen molar-refractivity contribution < 1.29 is 19.8 Å². The number of hydrogen-bond acceptors (Lipinski definition) is 2. The summed E-state index contributed by atoms with van der Waals surface area (Å²) in [4.78, 5) is 22.0. The first-order chi connectivity index (χ1) is 7.23. The van der Waals surface area contributed by atoms with Crippen LogP contribution in [-0.4, -0.2) is 22.2 Å². The van der Waals surface area contributed by atoms with E-state index < -0.39 is 23.8 Å². The molecule has 2 unspecified atom stereocenters. The lowest BCUT2D eigenvalue weighted by Gasteiger charge is -2.32. The number of aliphatic carboxylic acids is 2. The second kappa shape index (κ2) is 4.28. The third kappa shape index (κ3) is 2.62. The van der Waals surface area contributed by atoms with E-state index in [4.69, 9.17) is 10.2 Å². The summed E-state index contributed by atoms with van der Waals surface area (Å²) < 4.78 is 0. The van der Waals surface area contributed by atoms with Crippen LogP contribution in [0.4, 0.5) is 0 Å². The van der Waals surface area contributed by atoms with E-state index >= 15 is 0 Å². The van der Waals surface area contributed by atoms with Gasteiger partial charge in [-0.25, -0.2) is 0 Å². The number of carbonyl (C=O) groups is 2. The summed E-state index contributed by atoms with van der Waals surface area (Å²) in [6.45, 7) is 6.04. The lowest BCUT2D eigenvalue weighted by atomic mass is 9.72. The monoisotopic (exact) mass is 226 g/mol. The molecule has 0 spiro atoms. The van der Waals surface area contributed by atoms with E-state index in [0.29, 0.717) is 12.8 Å². The Morgan fingerprint density at radius 1 is 1.19 bits per heavy atom. The quantitative estimate of drug-likeness (QED) is 0.707. The highest BCUT2D eigenvalue weighted by molar-refractivity contribution is 5.80. The Balaban J connectivity index is 2.95. The molecule has 2 atom stereocenters. The summed E-state index contributed by atoms with van der Waals surface area (Å²) in [6, 6.07) is 0. The van der Waals surface area contributed by atoms with Crippen molar-refractivity contribution in [3.05, 3.63) is 11.6 Å². The zero-order valence-corrected chi connectivity index (χ0v) is 9.86. The lowest BCUT2D eigenvalue weighted by molar-refractivity contribution is -0.154. The van der Waals surface area contributed by atoms with Gasteiger partial charge in [-0.1, -0.05) is 32.4 Å². The summed E-state index contributed by atoms with van der Waals surface area (Å²) in [6.07, 6.45) is 2.55. The normalized spacial score (nSPS) is 26.1. The van der Waals surface area contributed by atoms with Gasteiger partial charge in [-0.2, -0.15) is 0 Å². The minimum Gasteiger partial charge on any atom is -0.481 e. The molecule has 0 aliphatic heterocycles. The molecule has 0 radical (unpaired) electrons. The minimum atomic E-state index is -1.02. The number of carboxylic acid groups (broad SMARTS) is 2. The van der Waals surface area contributed by atoms with E-state index in [-0.39, 0.29) is 5.41 Å². The Hall–Kier alpha value is -1.32. The first-order valence-electron chi connectivity index (χ1n) is 5.38. The topological polar surface area (TPSA) is 74.6 Å². The molecule has 0 amide bonds. The van der Waals surface area contributed by atoms with Crippen LogP contribution in [0, 0.1) is 17.3 Å². The fourth-order valence-corrected chi connectivity index (χ4v) is 2.04. The first kappa shape index (κ1) is 12.7. The number of allylic oxidation sites excluding steroid dienone is 2. The standard InChI is InChI=1S/C12H18O4/c1-12(2,3)7-4-5-8(10(13)14)9(6-7)11(15)16/h4,8-9H,5-6H2,1-3H3,(H,13,14)(H,15,16). The second-order valence-corrected chi connectivity index (χ2v) is 5.31. The second-order valence-electron chi connectivity index (χ2n) is 5.31. The summed E-state index contributed by atoms with van der Waals surface area (Å²) in [7, 11) is 0. The van der Waals surface area contributed by atoms with Crippen LogP contribution in [0.3, 0.4) is 0 Å². The fraction of sp³-hybridized carbons (Fsp3) is 0.667. The summed E-state index contributed by atoms with van der Waals surface area (Å²) in [5.41, 5.74) is 0.953. The molecule has 0 aromatic heterocycles. The molecule has 90 valence electrons. The molecule has 4 nitrogen and oxygen atoms in total. The smallest absolute Gasteiger partial charge is 0.307 e. The fourth-order valence-electron chi connectivity index (χ4n) is 2.04. The van der Waals surface area contributed by atoms with Crippen LogP contribution in [0.2, 0.25) is 0 Å². The zero-order chi connectivity index (χ0) is 12.5. The van der Waals surface area contributed by atoms with Crippen molar-refractivity contribution in [3.63, 3.8) is 0 Å². The van der Waals surface area contributed by atoms with E-state index in [1.807, 2.05) is 26.8 Å². The van der Waals surface area contributed by atoms with E-state index in [9.17, 15) is 9.59 Å². The molecule has 1 aliphatic carbocycles. The van der Waals surface area contributed by atoms with Gasteiger partial charge in [0.2, 0.25) is 0 Å². The van der Waals surface area contributed by atoms with Crippen molar-refractivity contribution >= 4 is 11.9 Å². The number of rotatable bonds is 2. The Morgan fingerprint density at radius 2 is 1.69 bits per heavy atom. The van der Waals surface area contributed by atoms with Gasteiger partial charge in [0.25, 0.3) is 0 Å². The van der Waals surface area contributed by atoms with Crippen LogP contribution in [0.25, 0.3) is 0 Å².